The van der Waals surface area contributed by atoms with Crippen LogP contribution in [0.1, 0.15) is 26.2 Å². The zero-order valence-electron chi connectivity index (χ0n) is 9.28. The second-order valence-corrected chi connectivity index (χ2v) is 4.62. The van der Waals surface area contributed by atoms with Crippen molar-refractivity contribution in [2.24, 2.45) is 5.73 Å². The fourth-order valence-corrected chi connectivity index (χ4v) is 2.92. The normalized spacial score (nSPS) is 31.7. The monoisotopic (exact) mass is 197 g/mol. The average Bonchev–Trinajstić information content (AvgIpc) is 2.66. The molecule has 0 radical (unpaired) electrons. The van der Waals surface area contributed by atoms with E-state index in [-0.39, 0.29) is 0 Å². The molecule has 2 saturated heterocycles. The van der Waals surface area contributed by atoms with Crippen molar-refractivity contribution < 1.29 is 0 Å². The molecule has 14 heavy (non-hydrogen) atoms. The number of fused-ring (bicyclic) bond motifs is 1. The van der Waals surface area contributed by atoms with Crippen LogP contribution in [-0.2, 0) is 0 Å². The average molecular weight is 197 g/mol. The smallest absolute Gasteiger partial charge is 0.0224 e. The van der Waals surface area contributed by atoms with Gasteiger partial charge in [0, 0.05) is 38.3 Å². The molecular weight excluding hydrogens is 174 g/mol. The highest BCUT2D eigenvalue weighted by molar-refractivity contribution is 4.89. The molecule has 2 aliphatic rings. The van der Waals surface area contributed by atoms with E-state index in [2.05, 4.69) is 16.7 Å². The van der Waals surface area contributed by atoms with Gasteiger partial charge in [0.15, 0.2) is 0 Å². The Morgan fingerprint density at radius 1 is 1.36 bits per heavy atom. The molecule has 2 unspecified atom stereocenters. The zero-order chi connectivity index (χ0) is 9.97. The minimum atomic E-state index is 0.623. The van der Waals surface area contributed by atoms with E-state index < -0.39 is 0 Å². The molecule has 2 aliphatic heterocycles. The highest BCUT2D eigenvalue weighted by Gasteiger charge is 2.32. The molecule has 0 aromatic carbocycles. The van der Waals surface area contributed by atoms with E-state index in [1.165, 1.54) is 45.4 Å². The van der Waals surface area contributed by atoms with Gasteiger partial charge in [-0.2, -0.15) is 0 Å². The number of hydrogen-bond donors (Lipinski definition) is 1. The first-order chi connectivity index (χ1) is 6.85. The van der Waals surface area contributed by atoms with E-state index in [9.17, 15) is 0 Å². The van der Waals surface area contributed by atoms with Gasteiger partial charge in [-0.15, -0.1) is 0 Å². The Kier molecular flexibility index (Phi) is 3.42. The number of piperazine rings is 1. The molecule has 0 aliphatic carbocycles. The Labute approximate surface area is 87.2 Å². The molecule has 0 bridgehead atoms. The second-order valence-electron chi connectivity index (χ2n) is 4.62. The fraction of sp³-hybridized carbons (Fsp3) is 1.00. The molecule has 2 atom stereocenters. The number of hydrogen-bond acceptors (Lipinski definition) is 3. The van der Waals surface area contributed by atoms with E-state index in [4.69, 9.17) is 5.73 Å². The first-order valence-corrected chi connectivity index (χ1v) is 6.03. The van der Waals surface area contributed by atoms with Crippen LogP contribution in [0.4, 0.5) is 0 Å². The van der Waals surface area contributed by atoms with Gasteiger partial charge in [-0.3, -0.25) is 9.80 Å². The maximum atomic E-state index is 5.80. The van der Waals surface area contributed by atoms with E-state index in [0.29, 0.717) is 6.04 Å². The van der Waals surface area contributed by atoms with Crippen molar-refractivity contribution in [1.82, 2.24) is 9.80 Å². The summed E-state index contributed by atoms with van der Waals surface area (Å²) in [5.41, 5.74) is 5.80. The summed E-state index contributed by atoms with van der Waals surface area (Å²) >= 11 is 0. The summed E-state index contributed by atoms with van der Waals surface area (Å²) in [4.78, 5) is 5.26. The number of rotatable bonds is 3. The standard InChI is InChI=1S/C11H23N3/c1-2-10(8-12)14-7-6-13-5-3-4-11(13)9-14/h10-11H,2-9,12H2,1H3. The van der Waals surface area contributed by atoms with Crippen LogP contribution < -0.4 is 5.73 Å². The fourth-order valence-electron chi connectivity index (χ4n) is 2.92. The van der Waals surface area contributed by atoms with Crippen LogP contribution in [0.25, 0.3) is 0 Å². The molecule has 2 fully saturated rings. The van der Waals surface area contributed by atoms with Crippen LogP contribution in [0.2, 0.25) is 0 Å². The van der Waals surface area contributed by atoms with Crippen LogP contribution in [0.5, 0.6) is 0 Å². The van der Waals surface area contributed by atoms with Gasteiger partial charge in [0.2, 0.25) is 0 Å². The Morgan fingerprint density at radius 3 is 2.93 bits per heavy atom. The lowest BCUT2D eigenvalue weighted by molar-refractivity contribution is 0.0726. The van der Waals surface area contributed by atoms with Crippen LogP contribution in [-0.4, -0.2) is 54.6 Å². The molecule has 2 rings (SSSR count). The third-order valence-electron chi connectivity index (χ3n) is 3.88. The van der Waals surface area contributed by atoms with Gasteiger partial charge in [0.1, 0.15) is 0 Å². The van der Waals surface area contributed by atoms with Crippen LogP contribution in [0.15, 0.2) is 0 Å². The largest absolute Gasteiger partial charge is 0.329 e. The lowest BCUT2D eigenvalue weighted by Gasteiger charge is -2.41. The van der Waals surface area contributed by atoms with Gasteiger partial charge in [-0.1, -0.05) is 6.92 Å². The minimum absolute atomic E-state index is 0.623. The van der Waals surface area contributed by atoms with Crippen molar-refractivity contribution in [2.75, 3.05) is 32.7 Å². The molecule has 3 heteroatoms. The summed E-state index contributed by atoms with van der Waals surface area (Å²) in [7, 11) is 0. The van der Waals surface area contributed by atoms with Crippen LogP contribution >= 0.6 is 0 Å². The van der Waals surface area contributed by atoms with Gasteiger partial charge in [0.25, 0.3) is 0 Å². The molecule has 0 amide bonds. The zero-order valence-corrected chi connectivity index (χ0v) is 9.28. The molecule has 82 valence electrons. The van der Waals surface area contributed by atoms with Crippen LogP contribution in [0, 0.1) is 0 Å². The van der Waals surface area contributed by atoms with Gasteiger partial charge >= 0.3 is 0 Å². The molecule has 3 nitrogen and oxygen atoms in total. The summed E-state index contributed by atoms with van der Waals surface area (Å²) in [6, 6.07) is 1.46. The third kappa shape index (κ3) is 1.95. The minimum Gasteiger partial charge on any atom is -0.329 e. The third-order valence-corrected chi connectivity index (χ3v) is 3.88. The predicted octanol–water partition coefficient (Wildman–Crippen LogP) is 0.504. The van der Waals surface area contributed by atoms with E-state index >= 15 is 0 Å². The van der Waals surface area contributed by atoms with Crippen molar-refractivity contribution in [3.63, 3.8) is 0 Å². The summed E-state index contributed by atoms with van der Waals surface area (Å²) < 4.78 is 0. The number of nitrogens with two attached hydrogens (primary N) is 1. The quantitative estimate of drug-likeness (QED) is 0.715. The van der Waals surface area contributed by atoms with Crippen molar-refractivity contribution in [3.8, 4) is 0 Å². The van der Waals surface area contributed by atoms with Crippen LogP contribution in [0.3, 0.4) is 0 Å². The first kappa shape index (κ1) is 10.4. The maximum absolute atomic E-state index is 5.80. The molecule has 0 aromatic heterocycles. The summed E-state index contributed by atoms with van der Waals surface area (Å²) in [5.74, 6) is 0. The Morgan fingerprint density at radius 2 is 2.21 bits per heavy atom. The highest BCUT2D eigenvalue weighted by Crippen LogP contribution is 2.22. The molecule has 0 spiro atoms. The van der Waals surface area contributed by atoms with E-state index in [1.807, 2.05) is 0 Å². The predicted molar refractivity (Wildman–Crippen MR) is 59.3 cm³/mol. The second kappa shape index (κ2) is 4.60. The highest BCUT2D eigenvalue weighted by atomic mass is 15.3. The SMILES string of the molecule is CCC(CN)N1CCN2CCCC2C1. The van der Waals surface area contributed by atoms with Crippen molar-refractivity contribution in [3.05, 3.63) is 0 Å². The maximum Gasteiger partial charge on any atom is 0.0224 e. The summed E-state index contributed by atoms with van der Waals surface area (Å²) in [6.45, 7) is 8.16. The Bertz CT molecular complexity index is 179. The van der Waals surface area contributed by atoms with Crippen molar-refractivity contribution >= 4 is 0 Å². The molecule has 0 aromatic rings. The molecule has 2 heterocycles. The lowest BCUT2D eigenvalue weighted by Crippen LogP contribution is -2.54. The molecule has 0 saturated carbocycles. The summed E-state index contributed by atoms with van der Waals surface area (Å²) in [6.07, 6.45) is 4.00. The van der Waals surface area contributed by atoms with Crippen molar-refractivity contribution in [1.29, 1.82) is 0 Å². The Balaban J connectivity index is 1.90. The lowest BCUT2D eigenvalue weighted by atomic mass is 10.1. The van der Waals surface area contributed by atoms with Gasteiger partial charge in [-0.25, -0.2) is 0 Å². The van der Waals surface area contributed by atoms with Crippen molar-refractivity contribution in [2.45, 2.75) is 38.3 Å². The number of nitrogens with zero attached hydrogens (tertiary/aromatic N) is 2. The van der Waals surface area contributed by atoms with E-state index in [0.717, 1.165) is 12.6 Å². The Hall–Kier alpha value is -0.120. The summed E-state index contributed by atoms with van der Waals surface area (Å²) in [5, 5.41) is 0. The molecule has 2 N–H and O–H groups in total. The van der Waals surface area contributed by atoms with Gasteiger partial charge in [-0.05, 0) is 25.8 Å². The van der Waals surface area contributed by atoms with Gasteiger partial charge in [0.05, 0.1) is 0 Å². The first-order valence-electron chi connectivity index (χ1n) is 6.03. The van der Waals surface area contributed by atoms with E-state index in [1.54, 1.807) is 0 Å². The molecular formula is C11H23N3. The van der Waals surface area contributed by atoms with Gasteiger partial charge < -0.3 is 5.73 Å². The topological polar surface area (TPSA) is 32.5 Å².